The van der Waals surface area contributed by atoms with Crippen LogP contribution in [0.25, 0.3) is 6.08 Å². The van der Waals surface area contributed by atoms with Crippen molar-refractivity contribution in [2.45, 2.75) is 44.6 Å². The molecule has 0 unspecified atom stereocenters. The van der Waals surface area contributed by atoms with E-state index in [1.165, 1.54) is 4.90 Å². The minimum absolute atomic E-state index is 0. The van der Waals surface area contributed by atoms with Crippen molar-refractivity contribution < 1.29 is 109 Å². The molecular weight excluding hydrogens is 504 g/mol. The van der Waals surface area contributed by atoms with Gasteiger partial charge in [0.15, 0.2) is 0 Å². The largest absolute Gasteiger partial charge is 1.00 e. The van der Waals surface area contributed by atoms with E-state index in [1.54, 1.807) is 19.9 Å². The van der Waals surface area contributed by atoms with Gasteiger partial charge in [0.2, 0.25) is 6.29 Å². The summed E-state index contributed by atoms with van der Waals surface area (Å²) in [4.78, 5) is 35.2. The summed E-state index contributed by atoms with van der Waals surface area (Å²) < 4.78 is 10.00. The molecule has 3 N–H and O–H groups in total. The van der Waals surface area contributed by atoms with Crippen molar-refractivity contribution in [3.05, 3.63) is 33.4 Å². The molecule has 1 fully saturated rings. The number of aliphatic carboxylic acids is 1. The van der Waals surface area contributed by atoms with Crippen LogP contribution in [0.3, 0.4) is 0 Å². The standard InChI is InChI=1S/C20H23N3O11.2Na/c1-3-22(4-2)18(28)10(8-21)5-9-6-11(23(31)32)13(24)12(7-9)33-20-16(27)14(25)15(26)17(34-20)19(29)30;;/h5-7,14-17,20,24-27H,3-4H2,1-2H3,(H,29,30);;/q;2*+1/p-2/b10-5+;;/t14-,15-,16+,17-,20+;;/m0../s1. The number of carbonyl (C=O) groups is 2. The van der Waals surface area contributed by atoms with Crippen molar-refractivity contribution >= 4 is 23.6 Å². The molecule has 0 saturated carbocycles. The molecule has 0 spiro atoms. The van der Waals surface area contributed by atoms with Crippen molar-refractivity contribution in [2.75, 3.05) is 13.1 Å². The van der Waals surface area contributed by atoms with Crippen LogP contribution >= 0.6 is 0 Å². The van der Waals surface area contributed by atoms with Gasteiger partial charge < -0.3 is 44.7 Å². The Morgan fingerprint density at radius 1 is 1.19 bits per heavy atom. The predicted molar refractivity (Wildman–Crippen MR) is 106 cm³/mol. The molecule has 16 heteroatoms. The summed E-state index contributed by atoms with van der Waals surface area (Å²) >= 11 is 0. The summed E-state index contributed by atoms with van der Waals surface area (Å²) in [5, 5.41) is 74.0. The summed E-state index contributed by atoms with van der Waals surface area (Å²) in [5.74, 6) is -4.72. The third-order valence-corrected chi connectivity index (χ3v) is 5.01. The molecule has 1 heterocycles. The number of nitro groups is 1. The third kappa shape index (κ3) is 7.62. The van der Waals surface area contributed by atoms with Crippen LogP contribution in [0.15, 0.2) is 17.7 Å². The Bertz CT molecular complexity index is 1040. The smallest absolute Gasteiger partial charge is 0.865 e. The van der Waals surface area contributed by atoms with E-state index in [4.69, 9.17) is 9.47 Å². The average molecular weight is 525 g/mol. The average Bonchev–Trinajstić information content (AvgIpc) is 2.79. The Labute approximate surface area is 249 Å². The van der Waals surface area contributed by atoms with Gasteiger partial charge in [0.25, 0.3) is 11.6 Å². The van der Waals surface area contributed by atoms with E-state index >= 15 is 0 Å². The van der Waals surface area contributed by atoms with Crippen molar-refractivity contribution in [1.29, 1.82) is 5.26 Å². The summed E-state index contributed by atoms with van der Waals surface area (Å²) in [5.41, 5.74) is -1.58. The second-order valence-electron chi connectivity index (χ2n) is 7.11. The monoisotopic (exact) mass is 525 g/mol. The van der Waals surface area contributed by atoms with Gasteiger partial charge in [-0.2, -0.15) is 5.26 Å². The van der Waals surface area contributed by atoms with Crippen LogP contribution < -0.4 is 74.1 Å². The van der Waals surface area contributed by atoms with E-state index in [1.807, 2.05) is 0 Å². The molecule has 1 saturated heterocycles. The first-order valence-corrected chi connectivity index (χ1v) is 9.94. The second kappa shape index (κ2) is 14.8. The van der Waals surface area contributed by atoms with Gasteiger partial charge in [0, 0.05) is 24.9 Å². The molecule has 1 aliphatic rings. The van der Waals surface area contributed by atoms with Gasteiger partial charge in [0.05, 0.1) is 10.9 Å². The van der Waals surface area contributed by atoms with Gasteiger partial charge in [-0.15, -0.1) is 0 Å². The van der Waals surface area contributed by atoms with E-state index in [9.17, 15) is 50.5 Å². The van der Waals surface area contributed by atoms with Gasteiger partial charge >= 0.3 is 59.1 Å². The van der Waals surface area contributed by atoms with E-state index in [-0.39, 0.29) is 77.8 Å². The molecule has 184 valence electrons. The third-order valence-electron chi connectivity index (χ3n) is 5.01. The first-order valence-electron chi connectivity index (χ1n) is 9.94. The molecule has 1 aromatic carbocycles. The zero-order valence-electron chi connectivity index (χ0n) is 20.0. The Balaban J connectivity index is 0.00000612. The number of benzene rings is 1. The van der Waals surface area contributed by atoms with Crippen LogP contribution in [-0.2, 0) is 14.3 Å². The zero-order chi connectivity index (χ0) is 25.7. The number of carboxylic acids is 1. The molecule has 0 aliphatic carbocycles. The second-order valence-corrected chi connectivity index (χ2v) is 7.11. The number of nitrogens with zero attached hydrogens (tertiary/aromatic N) is 3. The Morgan fingerprint density at radius 3 is 2.25 bits per heavy atom. The van der Waals surface area contributed by atoms with E-state index < -0.39 is 70.3 Å². The zero-order valence-corrected chi connectivity index (χ0v) is 24.0. The van der Waals surface area contributed by atoms with Crippen LogP contribution in [0.5, 0.6) is 11.5 Å². The molecule has 0 aromatic heterocycles. The van der Waals surface area contributed by atoms with Crippen molar-refractivity contribution in [3.63, 3.8) is 0 Å². The first kappa shape index (κ1) is 34.2. The first-order chi connectivity index (χ1) is 16.0. The van der Waals surface area contributed by atoms with Crippen LogP contribution in [-0.4, -0.2) is 80.8 Å². The van der Waals surface area contributed by atoms with Gasteiger partial charge in [-0.3, -0.25) is 14.9 Å². The van der Waals surface area contributed by atoms with E-state index in [0.717, 1.165) is 18.2 Å². The fourth-order valence-electron chi connectivity index (χ4n) is 3.17. The Hall–Kier alpha value is -1.77. The Kier molecular flexibility index (Phi) is 14.1. The maximum Gasteiger partial charge on any atom is 1.00 e. The predicted octanol–water partition coefficient (Wildman–Crippen LogP) is -8.61. The molecule has 2 rings (SSSR count). The number of carboxylic acid groups (broad SMARTS) is 1. The van der Waals surface area contributed by atoms with Crippen molar-refractivity contribution in [3.8, 4) is 17.6 Å². The molecule has 1 aromatic rings. The number of rotatable bonds is 8. The molecular formula is C20H21N3Na2O11. The number of nitro benzene ring substituents is 1. The molecule has 5 atom stereocenters. The normalized spacial score (nSPS) is 23.3. The number of nitriles is 1. The number of hydrogen-bond acceptors (Lipinski definition) is 12. The van der Waals surface area contributed by atoms with E-state index in [2.05, 4.69) is 0 Å². The maximum atomic E-state index is 12.5. The van der Waals surface area contributed by atoms with Gasteiger partial charge in [0.1, 0.15) is 41.8 Å². The number of amides is 1. The van der Waals surface area contributed by atoms with Crippen LogP contribution in [0.4, 0.5) is 5.69 Å². The topological polar surface area (TPSA) is 230 Å². The van der Waals surface area contributed by atoms with Crippen LogP contribution in [0.2, 0.25) is 0 Å². The molecule has 0 bridgehead atoms. The number of aliphatic hydroxyl groups is 3. The number of aliphatic hydroxyl groups excluding tert-OH is 3. The molecule has 1 aliphatic heterocycles. The minimum atomic E-state index is -2.14. The molecule has 0 radical (unpaired) electrons. The van der Waals surface area contributed by atoms with Gasteiger partial charge in [-0.1, -0.05) is 0 Å². The molecule has 1 amide bonds. The number of carbonyl (C=O) groups excluding carboxylic acids is 2. The van der Waals surface area contributed by atoms with Crippen molar-refractivity contribution in [1.82, 2.24) is 4.90 Å². The molecule has 36 heavy (non-hydrogen) atoms. The quantitative estimate of drug-likeness (QED) is 0.0945. The fraction of sp³-hybridized carbons (Fsp3) is 0.450. The summed E-state index contributed by atoms with van der Waals surface area (Å²) in [7, 11) is 0. The van der Waals surface area contributed by atoms with Crippen LogP contribution in [0.1, 0.15) is 19.4 Å². The number of likely N-dealkylation sites (N-methyl/N-ethyl adjacent to an activating group) is 1. The Morgan fingerprint density at radius 2 is 1.78 bits per heavy atom. The van der Waals surface area contributed by atoms with E-state index in [0.29, 0.717) is 0 Å². The number of ether oxygens (including phenoxy) is 2. The van der Waals surface area contributed by atoms with Gasteiger partial charge in [-0.25, -0.2) is 0 Å². The SMILES string of the molecule is CCN(CC)C(=O)/C(C#N)=C/c1cc(O[C@@H]2O[C@H](C(=O)[O-])[C@@H](O)[C@H](O)[C@H]2O)c([O-])c([N+](=O)[O-])c1.[Na+].[Na+]. The molecule has 14 nitrogen and oxygen atoms in total. The maximum absolute atomic E-state index is 12.5. The van der Waals surface area contributed by atoms with Crippen molar-refractivity contribution in [2.24, 2.45) is 0 Å². The fourth-order valence-corrected chi connectivity index (χ4v) is 3.17. The minimum Gasteiger partial charge on any atom is -0.865 e. The van der Waals surface area contributed by atoms with Gasteiger partial charge in [-0.05, 0) is 31.6 Å². The number of hydrogen-bond donors (Lipinski definition) is 3. The summed E-state index contributed by atoms with van der Waals surface area (Å²) in [6.45, 7) is 3.93. The summed E-state index contributed by atoms with van der Waals surface area (Å²) in [6, 6.07) is 3.38. The summed E-state index contributed by atoms with van der Waals surface area (Å²) in [6.07, 6.45) is -9.41. The van der Waals surface area contributed by atoms with Crippen LogP contribution in [0, 0.1) is 21.4 Å².